The topological polar surface area (TPSA) is 87.6 Å². The monoisotopic (exact) mass is 382 g/mol. The number of rotatable bonds is 6. The van der Waals surface area contributed by atoms with E-state index < -0.39 is 5.97 Å². The molecular weight excluding hydrogens is 368 g/mol. The smallest absolute Gasteiger partial charge is 0.312 e. The highest BCUT2D eigenvalue weighted by Crippen LogP contribution is 2.32. The van der Waals surface area contributed by atoms with E-state index >= 15 is 0 Å². The molecule has 3 aromatic rings. The maximum atomic E-state index is 12.2. The molecule has 0 aliphatic carbocycles. The molecule has 136 valence electrons. The Bertz CT molecular complexity index is 987. The van der Waals surface area contributed by atoms with Crippen LogP contribution in [0.3, 0.4) is 0 Å². The first-order valence-electron chi connectivity index (χ1n) is 8.12. The number of benzene rings is 1. The molecule has 27 heavy (non-hydrogen) atoms. The number of Topliss-reactive ketones (excluding diaryl/α,β-unsaturated/α-hetero) is 1. The van der Waals surface area contributed by atoms with E-state index in [1.807, 2.05) is 12.1 Å². The highest BCUT2D eigenvalue weighted by molar-refractivity contribution is 7.13. The largest absolute Gasteiger partial charge is 0.457 e. The van der Waals surface area contributed by atoms with Crippen LogP contribution in [0.5, 0.6) is 11.5 Å². The van der Waals surface area contributed by atoms with E-state index in [2.05, 4.69) is 9.97 Å². The van der Waals surface area contributed by atoms with Gasteiger partial charge in [-0.25, -0.2) is 4.98 Å². The third-order valence-corrected chi connectivity index (χ3v) is 4.78. The molecule has 0 N–H and O–H groups in total. The van der Waals surface area contributed by atoms with Crippen molar-refractivity contribution in [2.45, 2.75) is 6.42 Å². The number of hydrogen-bond acceptors (Lipinski definition) is 8. The van der Waals surface area contributed by atoms with Crippen molar-refractivity contribution in [1.82, 2.24) is 9.97 Å². The van der Waals surface area contributed by atoms with Gasteiger partial charge in [-0.15, -0.1) is 11.3 Å². The maximum Gasteiger partial charge on any atom is 0.312 e. The Labute approximate surface area is 158 Å². The van der Waals surface area contributed by atoms with Crippen LogP contribution < -0.4 is 9.47 Å². The van der Waals surface area contributed by atoms with Gasteiger partial charge in [-0.2, -0.15) is 0 Å². The van der Waals surface area contributed by atoms with E-state index in [1.54, 1.807) is 36.0 Å². The molecule has 0 radical (unpaired) electrons. The minimum atomic E-state index is -0.507. The first kappa shape index (κ1) is 17.2. The standard InChI is InChI=1S/C19H14N2O5S/c22-15(12-3-4-16-17(6-12)26-11-25-16)9-24-18(23)7-14-10-27-19(21-14)13-2-1-5-20-8-13/h1-6,8,10H,7,9,11H2. The Morgan fingerprint density at radius 1 is 1.19 bits per heavy atom. The summed E-state index contributed by atoms with van der Waals surface area (Å²) >= 11 is 1.43. The molecule has 8 heteroatoms. The van der Waals surface area contributed by atoms with Gasteiger partial charge < -0.3 is 14.2 Å². The quantitative estimate of drug-likeness (QED) is 0.478. The Morgan fingerprint density at radius 2 is 2.07 bits per heavy atom. The summed E-state index contributed by atoms with van der Waals surface area (Å²) in [5.74, 6) is 0.289. The molecule has 1 aromatic carbocycles. The predicted octanol–water partition coefficient (Wildman–Crippen LogP) is 2.90. The number of ketones is 1. The number of thiazole rings is 1. The van der Waals surface area contributed by atoms with E-state index in [4.69, 9.17) is 14.2 Å². The van der Waals surface area contributed by atoms with Gasteiger partial charge in [0, 0.05) is 28.9 Å². The molecule has 0 fully saturated rings. The van der Waals surface area contributed by atoms with E-state index in [0.29, 0.717) is 22.8 Å². The molecule has 0 saturated heterocycles. The number of carbonyl (C=O) groups excluding carboxylic acids is 2. The minimum Gasteiger partial charge on any atom is -0.457 e. The number of pyridine rings is 1. The Kier molecular flexibility index (Phi) is 4.80. The average molecular weight is 382 g/mol. The van der Waals surface area contributed by atoms with E-state index in [0.717, 1.165) is 10.6 Å². The van der Waals surface area contributed by atoms with Gasteiger partial charge in [-0.1, -0.05) is 0 Å². The molecule has 0 spiro atoms. The Balaban J connectivity index is 1.32. The summed E-state index contributed by atoms with van der Waals surface area (Å²) in [5.41, 5.74) is 1.89. The molecule has 0 atom stereocenters. The maximum absolute atomic E-state index is 12.2. The van der Waals surface area contributed by atoms with Crippen molar-refractivity contribution in [3.63, 3.8) is 0 Å². The zero-order chi connectivity index (χ0) is 18.6. The fourth-order valence-electron chi connectivity index (χ4n) is 2.51. The molecule has 2 aromatic heterocycles. The van der Waals surface area contributed by atoms with Crippen molar-refractivity contribution in [2.75, 3.05) is 13.4 Å². The van der Waals surface area contributed by atoms with Crippen molar-refractivity contribution in [2.24, 2.45) is 0 Å². The second kappa shape index (κ2) is 7.55. The summed E-state index contributed by atoms with van der Waals surface area (Å²) < 4.78 is 15.5. The zero-order valence-electron chi connectivity index (χ0n) is 14.1. The first-order chi connectivity index (χ1) is 13.2. The second-order valence-electron chi connectivity index (χ2n) is 5.71. The van der Waals surface area contributed by atoms with Crippen molar-refractivity contribution in [1.29, 1.82) is 0 Å². The van der Waals surface area contributed by atoms with Gasteiger partial charge >= 0.3 is 5.97 Å². The van der Waals surface area contributed by atoms with E-state index in [9.17, 15) is 9.59 Å². The van der Waals surface area contributed by atoms with Gasteiger partial charge in [0.2, 0.25) is 6.79 Å². The predicted molar refractivity (Wildman–Crippen MR) is 96.9 cm³/mol. The third kappa shape index (κ3) is 3.95. The summed E-state index contributed by atoms with van der Waals surface area (Å²) in [6, 6.07) is 8.58. The lowest BCUT2D eigenvalue weighted by atomic mass is 10.1. The van der Waals surface area contributed by atoms with Crippen LogP contribution in [-0.2, 0) is 16.0 Å². The van der Waals surface area contributed by atoms with Gasteiger partial charge in [0.1, 0.15) is 5.01 Å². The first-order valence-corrected chi connectivity index (χ1v) is 9.00. The van der Waals surface area contributed by atoms with Crippen LogP contribution in [0.15, 0.2) is 48.1 Å². The summed E-state index contributed by atoms with van der Waals surface area (Å²) in [6.45, 7) is -0.200. The molecule has 1 aliphatic heterocycles. The van der Waals surface area contributed by atoms with E-state index in [-0.39, 0.29) is 25.6 Å². The van der Waals surface area contributed by atoms with Gasteiger partial charge in [-0.05, 0) is 30.3 Å². The average Bonchev–Trinajstić information content (AvgIpc) is 3.35. The molecule has 0 bridgehead atoms. The van der Waals surface area contributed by atoms with Crippen molar-refractivity contribution < 1.29 is 23.8 Å². The van der Waals surface area contributed by atoms with Crippen molar-refractivity contribution in [3.05, 3.63) is 59.4 Å². The molecule has 0 saturated carbocycles. The van der Waals surface area contributed by atoms with E-state index in [1.165, 1.54) is 11.3 Å². The highest BCUT2D eigenvalue weighted by Gasteiger charge is 2.17. The van der Waals surface area contributed by atoms with Crippen LogP contribution in [-0.4, -0.2) is 35.1 Å². The van der Waals surface area contributed by atoms with Gasteiger partial charge in [0.15, 0.2) is 23.9 Å². The van der Waals surface area contributed by atoms with Crippen LogP contribution >= 0.6 is 11.3 Å². The number of carbonyl (C=O) groups is 2. The second-order valence-corrected chi connectivity index (χ2v) is 6.57. The molecule has 0 amide bonds. The number of aromatic nitrogens is 2. The molecular formula is C19H14N2O5S. The van der Waals surface area contributed by atoms with Gasteiger partial charge in [0.25, 0.3) is 0 Å². The van der Waals surface area contributed by atoms with Gasteiger partial charge in [-0.3, -0.25) is 14.6 Å². The molecule has 7 nitrogen and oxygen atoms in total. The van der Waals surface area contributed by atoms with Crippen LogP contribution in [0.1, 0.15) is 16.1 Å². The van der Waals surface area contributed by atoms with Crippen LogP contribution in [0.4, 0.5) is 0 Å². The number of nitrogens with zero attached hydrogens (tertiary/aromatic N) is 2. The fraction of sp³-hybridized carbons (Fsp3) is 0.158. The van der Waals surface area contributed by atoms with Crippen molar-refractivity contribution >= 4 is 23.1 Å². The lowest BCUT2D eigenvalue weighted by Gasteiger charge is -2.04. The summed E-state index contributed by atoms with van der Waals surface area (Å²) in [7, 11) is 0. The highest BCUT2D eigenvalue weighted by atomic mass is 32.1. The molecule has 3 heterocycles. The summed E-state index contributed by atoms with van der Waals surface area (Å²) in [4.78, 5) is 32.7. The summed E-state index contributed by atoms with van der Waals surface area (Å²) in [5, 5.41) is 2.57. The lowest BCUT2D eigenvalue weighted by Crippen LogP contribution is -2.15. The van der Waals surface area contributed by atoms with Crippen LogP contribution in [0, 0.1) is 0 Å². The number of hydrogen-bond donors (Lipinski definition) is 0. The number of fused-ring (bicyclic) bond motifs is 1. The zero-order valence-corrected chi connectivity index (χ0v) is 14.9. The number of esters is 1. The molecule has 4 rings (SSSR count). The normalized spacial score (nSPS) is 12.0. The van der Waals surface area contributed by atoms with Crippen LogP contribution in [0.25, 0.3) is 10.6 Å². The Hall–Kier alpha value is -3.26. The number of ether oxygens (including phenoxy) is 3. The minimum absolute atomic E-state index is 0.00514. The fourth-order valence-corrected chi connectivity index (χ4v) is 3.32. The van der Waals surface area contributed by atoms with Crippen molar-refractivity contribution in [3.8, 4) is 22.1 Å². The van der Waals surface area contributed by atoms with Crippen LogP contribution in [0.2, 0.25) is 0 Å². The molecule has 1 aliphatic rings. The van der Waals surface area contributed by atoms with Gasteiger partial charge in [0.05, 0.1) is 12.1 Å². The SMILES string of the molecule is O=C(Cc1csc(-c2cccnc2)n1)OCC(=O)c1ccc2c(c1)OCO2. The third-order valence-electron chi connectivity index (χ3n) is 3.84. The Morgan fingerprint density at radius 3 is 2.93 bits per heavy atom. The lowest BCUT2D eigenvalue weighted by molar-refractivity contribution is -0.141. The summed E-state index contributed by atoms with van der Waals surface area (Å²) in [6.07, 6.45) is 3.41. The molecule has 0 unspecified atom stereocenters.